The van der Waals surface area contributed by atoms with E-state index in [0.717, 1.165) is 11.4 Å². The van der Waals surface area contributed by atoms with E-state index in [0.29, 0.717) is 0 Å². The number of hydrogen-bond donors (Lipinski definition) is 0. The van der Waals surface area contributed by atoms with Crippen LogP contribution in [0.2, 0.25) is 0 Å². The van der Waals surface area contributed by atoms with Crippen LogP contribution in [-0.2, 0) is 0 Å². The van der Waals surface area contributed by atoms with Crippen molar-refractivity contribution in [2.75, 3.05) is 4.90 Å². The van der Waals surface area contributed by atoms with Gasteiger partial charge in [-0.2, -0.15) is 0 Å². The molecular weight excluding hydrogens is 422 g/mol. The van der Waals surface area contributed by atoms with E-state index < -0.39 is 0 Å². The summed E-state index contributed by atoms with van der Waals surface area (Å²) >= 11 is 0. The quantitative estimate of drug-likeness (QED) is 0.261. The molecule has 6 aromatic rings. The van der Waals surface area contributed by atoms with Crippen LogP contribution < -0.4 is 4.90 Å². The molecule has 1 heteroatoms. The van der Waals surface area contributed by atoms with Gasteiger partial charge in [-0.15, -0.1) is 0 Å². The van der Waals surface area contributed by atoms with Crippen LogP contribution >= 0.6 is 0 Å². The Hall–Kier alpha value is -4.62. The van der Waals surface area contributed by atoms with E-state index in [4.69, 9.17) is 0 Å². The lowest BCUT2D eigenvalue weighted by Gasteiger charge is -2.28. The van der Waals surface area contributed by atoms with Crippen LogP contribution in [0.3, 0.4) is 0 Å². The predicted molar refractivity (Wildman–Crippen MR) is 148 cm³/mol. The van der Waals surface area contributed by atoms with Crippen LogP contribution in [0.1, 0.15) is 0 Å². The summed E-state index contributed by atoms with van der Waals surface area (Å²) in [5.74, 6) is 0. The molecule has 0 aromatic heterocycles. The molecule has 0 N–H and O–H groups in total. The lowest BCUT2D eigenvalue weighted by molar-refractivity contribution is 1.28. The second-order valence-electron chi connectivity index (χ2n) is 8.99. The smallest absolute Gasteiger partial charge is 0.0540 e. The van der Waals surface area contributed by atoms with E-state index in [1.54, 1.807) is 0 Å². The summed E-state index contributed by atoms with van der Waals surface area (Å²) in [5, 5.41) is 2.66. The van der Waals surface area contributed by atoms with Crippen molar-refractivity contribution in [2.45, 2.75) is 0 Å². The van der Waals surface area contributed by atoms with Gasteiger partial charge in [-0.25, -0.2) is 0 Å². The van der Waals surface area contributed by atoms with Crippen LogP contribution in [0.25, 0.3) is 44.2 Å². The van der Waals surface area contributed by atoms with Gasteiger partial charge in [-0.1, -0.05) is 109 Å². The SMILES string of the molecule is c1ccc(-c2ccccc2N(c2ccccc2)c2ccc3c(c2)-c2cccc4cccc-3c24)cc1. The average molecular weight is 446 g/mol. The third kappa shape index (κ3) is 3.17. The largest absolute Gasteiger partial charge is 0.310 e. The van der Waals surface area contributed by atoms with Crippen molar-refractivity contribution >= 4 is 27.8 Å². The summed E-state index contributed by atoms with van der Waals surface area (Å²) in [7, 11) is 0. The zero-order valence-corrected chi connectivity index (χ0v) is 19.2. The lowest BCUT2D eigenvalue weighted by Crippen LogP contribution is -2.11. The molecule has 0 saturated carbocycles. The van der Waals surface area contributed by atoms with Crippen LogP contribution in [-0.4, -0.2) is 0 Å². The predicted octanol–water partition coefficient (Wildman–Crippen LogP) is 9.62. The first-order chi connectivity index (χ1) is 17.4. The summed E-state index contributed by atoms with van der Waals surface area (Å²) in [6, 6.07) is 50.2. The van der Waals surface area contributed by atoms with Gasteiger partial charge in [0.2, 0.25) is 0 Å². The standard InChI is InChI=1S/C34H23N/c1-3-11-24(12-4-1)28-17-7-8-20-33(28)35(26-15-5-2-6-16-26)27-21-22-29-30-18-9-13-25-14-10-19-31(34(25)30)32(29)23-27/h1-23H. The molecule has 1 nitrogen and oxygen atoms in total. The molecule has 164 valence electrons. The zero-order chi connectivity index (χ0) is 23.2. The van der Waals surface area contributed by atoms with Gasteiger partial charge in [-0.05, 0) is 68.9 Å². The van der Waals surface area contributed by atoms with Gasteiger partial charge in [-0.3, -0.25) is 0 Å². The van der Waals surface area contributed by atoms with Gasteiger partial charge in [0.05, 0.1) is 5.69 Å². The fourth-order valence-electron chi connectivity index (χ4n) is 5.45. The summed E-state index contributed by atoms with van der Waals surface area (Å²) in [6.45, 7) is 0. The Morgan fingerprint density at radius 2 is 1.00 bits per heavy atom. The maximum Gasteiger partial charge on any atom is 0.0540 e. The number of para-hydroxylation sites is 2. The molecule has 0 saturated heterocycles. The highest BCUT2D eigenvalue weighted by Gasteiger charge is 2.23. The summed E-state index contributed by atoms with van der Waals surface area (Å²) in [5.41, 5.74) is 11.1. The fraction of sp³-hybridized carbons (Fsp3) is 0. The molecule has 7 rings (SSSR count). The minimum absolute atomic E-state index is 1.14. The van der Waals surface area contributed by atoms with E-state index >= 15 is 0 Å². The van der Waals surface area contributed by atoms with E-state index in [2.05, 4.69) is 144 Å². The molecule has 6 aromatic carbocycles. The van der Waals surface area contributed by atoms with Gasteiger partial charge in [0.25, 0.3) is 0 Å². The van der Waals surface area contributed by atoms with Crippen molar-refractivity contribution in [3.8, 4) is 33.4 Å². The van der Waals surface area contributed by atoms with Crippen molar-refractivity contribution in [1.29, 1.82) is 0 Å². The average Bonchev–Trinajstić information content (AvgIpc) is 3.25. The molecule has 0 bridgehead atoms. The van der Waals surface area contributed by atoms with Crippen molar-refractivity contribution in [2.24, 2.45) is 0 Å². The third-order valence-electron chi connectivity index (χ3n) is 6.99. The highest BCUT2D eigenvalue weighted by Crippen LogP contribution is 2.50. The fourth-order valence-corrected chi connectivity index (χ4v) is 5.45. The van der Waals surface area contributed by atoms with Crippen molar-refractivity contribution < 1.29 is 0 Å². The Bertz CT molecular complexity index is 1680. The number of anilines is 3. The molecule has 1 aliphatic rings. The first-order valence-electron chi connectivity index (χ1n) is 12.0. The first kappa shape index (κ1) is 19.8. The first-order valence-corrected chi connectivity index (χ1v) is 12.0. The van der Waals surface area contributed by atoms with Crippen LogP contribution in [0.4, 0.5) is 17.1 Å². The topological polar surface area (TPSA) is 3.24 Å². The molecule has 35 heavy (non-hydrogen) atoms. The zero-order valence-electron chi connectivity index (χ0n) is 19.2. The second kappa shape index (κ2) is 8.00. The molecular formula is C34H23N. The van der Waals surface area contributed by atoms with E-state index in [1.165, 1.54) is 49.8 Å². The van der Waals surface area contributed by atoms with Gasteiger partial charge in [0, 0.05) is 16.9 Å². The number of hydrogen-bond acceptors (Lipinski definition) is 1. The third-order valence-corrected chi connectivity index (χ3v) is 6.99. The molecule has 0 radical (unpaired) electrons. The maximum atomic E-state index is 2.38. The number of rotatable bonds is 4. The van der Waals surface area contributed by atoms with Gasteiger partial charge in [0.1, 0.15) is 0 Å². The highest BCUT2D eigenvalue weighted by molar-refractivity contribution is 6.15. The highest BCUT2D eigenvalue weighted by atomic mass is 15.1. The molecule has 0 heterocycles. The normalized spacial score (nSPS) is 11.4. The monoisotopic (exact) mass is 445 g/mol. The Morgan fingerprint density at radius 3 is 1.77 bits per heavy atom. The van der Waals surface area contributed by atoms with E-state index in [9.17, 15) is 0 Å². The lowest BCUT2D eigenvalue weighted by atomic mass is 10.00. The van der Waals surface area contributed by atoms with E-state index in [1.807, 2.05) is 0 Å². The minimum Gasteiger partial charge on any atom is -0.310 e. The maximum absolute atomic E-state index is 2.38. The molecule has 0 amide bonds. The molecule has 1 aliphatic carbocycles. The molecule has 0 aliphatic heterocycles. The number of benzene rings is 6. The summed E-state index contributed by atoms with van der Waals surface area (Å²) < 4.78 is 0. The number of fused-ring (bicyclic) bond motifs is 3. The molecule has 0 atom stereocenters. The van der Waals surface area contributed by atoms with Crippen molar-refractivity contribution in [1.82, 2.24) is 0 Å². The van der Waals surface area contributed by atoms with Crippen LogP contribution in [0.5, 0.6) is 0 Å². The molecule has 0 fully saturated rings. The van der Waals surface area contributed by atoms with E-state index in [-0.39, 0.29) is 0 Å². The molecule has 0 unspecified atom stereocenters. The van der Waals surface area contributed by atoms with Crippen molar-refractivity contribution in [3.63, 3.8) is 0 Å². The molecule has 0 spiro atoms. The minimum atomic E-state index is 1.14. The summed E-state index contributed by atoms with van der Waals surface area (Å²) in [6.07, 6.45) is 0. The summed E-state index contributed by atoms with van der Waals surface area (Å²) in [4.78, 5) is 2.38. The van der Waals surface area contributed by atoms with Gasteiger partial charge >= 0.3 is 0 Å². The Kier molecular flexibility index (Phi) is 4.53. The van der Waals surface area contributed by atoms with Crippen LogP contribution in [0, 0.1) is 0 Å². The number of nitrogens with zero attached hydrogens (tertiary/aromatic N) is 1. The van der Waals surface area contributed by atoms with Crippen molar-refractivity contribution in [3.05, 3.63) is 140 Å². The second-order valence-corrected chi connectivity index (χ2v) is 8.99. The Morgan fingerprint density at radius 1 is 0.371 bits per heavy atom. The van der Waals surface area contributed by atoms with Crippen LogP contribution in [0.15, 0.2) is 140 Å². The Balaban J connectivity index is 1.46. The Labute approximate surface area is 205 Å². The van der Waals surface area contributed by atoms with Gasteiger partial charge < -0.3 is 4.90 Å². The van der Waals surface area contributed by atoms with Gasteiger partial charge in [0.15, 0.2) is 0 Å².